The van der Waals surface area contributed by atoms with Crippen LogP contribution in [0, 0.1) is 0 Å². The van der Waals surface area contributed by atoms with Gasteiger partial charge in [-0.05, 0) is 29.8 Å². The Labute approximate surface area is 117 Å². The minimum atomic E-state index is -1.06. The van der Waals surface area contributed by atoms with E-state index in [0.717, 1.165) is 11.3 Å². The van der Waals surface area contributed by atoms with Crippen LogP contribution in [0.4, 0.5) is 5.69 Å². The van der Waals surface area contributed by atoms with Crippen LogP contribution < -0.4 is 5.32 Å². The SMILES string of the molecule is CSCc1ccc(C(=O)Nc2ccsc2C(=O)O)o1. The molecule has 5 nitrogen and oxygen atoms in total. The number of carboxylic acid groups (broad SMARTS) is 1. The Kier molecular flexibility index (Phi) is 4.28. The highest BCUT2D eigenvalue weighted by Gasteiger charge is 2.17. The summed E-state index contributed by atoms with van der Waals surface area (Å²) in [6, 6.07) is 4.86. The van der Waals surface area contributed by atoms with Crippen LogP contribution in [0.25, 0.3) is 0 Å². The molecular weight excluding hydrogens is 286 g/mol. The number of thiophene rings is 1. The molecule has 2 aromatic heterocycles. The van der Waals surface area contributed by atoms with Gasteiger partial charge in [0.05, 0.1) is 11.4 Å². The smallest absolute Gasteiger partial charge is 0.348 e. The Balaban J connectivity index is 2.11. The van der Waals surface area contributed by atoms with Gasteiger partial charge in [-0.1, -0.05) is 0 Å². The lowest BCUT2D eigenvalue weighted by Gasteiger charge is -2.01. The zero-order chi connectivity index (χ0) is 13.8. The molecule has 2 N–H and O–H groups in total. The summed E-state index contributed by atoms with van der Waals surface area (Å²) in [7, 11) is 0. The molecule has 7 heteroatoms. The van der Waals surface area contributed by atoms with Gasteiger partial charge < -0.3 is 14.8 Å². The Morgan fingerprint density at radius 1 is 1.42 bits per heavy atom. The van der Waals surface area contributed by atoms with E-state index in [9.17, 15) is 9.59 Å². The van der Waals surface area contributed by atoms with Crippen molar-refractivity contribution in [3.8, 4) is 0 Å². The number of carboxylic acids is 1. The molecule has 2 heterocycles. The van der Waals surface area contributed by atoms with Gasteiger partial charge in [0.2, 0.25) is 0 Å². The first kappa shape index (κ1) is 13.7. The molecule has 100 valence electrons. The number of hydrogen-bond donors (Lipinski definition) is 2. The highest BCUT2D eigenvalue weighted by atomic mass is 32.2. The van der Waals surface area contributed by atoms with Crippen LogP contribution in [-0.4, -0.2) is 23.2 Å². The molecule has 2 aromatic rings. The van der Waals surface area contributed by atoms with Gasteiger partial charge in [-0.2, -0.15) is 11.8 Å². The van der Waals surface area contributed by atoms with E-state index in [0.29, 0.717) is 11.5 Å². The number of rotatable bonds is 5. The van der Waals surface area contributed by atoms with Gasteiger partial charge in [-0.3, -0.25) is 4.79 Å². The van der Waals surface area contributed by atoms with Crippen molar-refractivity contribution in [2.45, 2.75) is 5.75 Å². The van der Waals surface area contributed by atoms with Crippen LogP contribution in [0.5, 0.6) is 0 Å². The largest absolute Gasteiger partial charge is 0.477 e. The molecule has 0 bridgehead atoms. The van der Waals surface area contributed by atoms with Crippen molar-refractivity contribution < 1.29 is 19.1 Å². The molecule has 0 aromatic carbocycles. The Morgan fingerprint density at radius 2 is 2.21 bits per heavy atom. The first-order valence-electron chi connectivity index (χ1n) is 5.31. The predicted octanol–water partition coefficient (Wildman–Crippen LogP) is 3.15. The molecule has 0 saturated carbocycles. The van der Waals surface area contributed by atoms with E-state index >= 15 is 0 Å². The van der Waals surface area contributed by atoms with Crippen molar-refractivity contribution in [1.29, 1.82) is 0 Å². The van der Waals surface area contributed by atoms with Crippen molar-refractivity contribution in [2.75, 3.05) is 11.6 Å². The lowest BCUT2D eigenvalue weighted by molar-refractivity contribution is 0.0703. The molecule has 2 rings (SSSR count). The molecule has 0 aliphatic carbocycles. The molecule has 1 amide bonds. The average molecular weight is 297 g/mol. The molecule has 0 aliphatic rings. The van der Waals surface area contributed by atoms with Gasteiger partial charge in [0, 0.05) is 0 Å². The number of hydrogen-bond acceptors (Lipinski definition) is 5. The summed E-state index contributed by atoms with van der Waals surface area (Å²) >= 11 is 2.65. The van der Waals surface area contributed by atoms with Crippen LogP contribution in [0.1, 0.15) is 26.0 Å². The van der Waals surface area contributed by atoms with E-state index < -0.39 is 11.9 Å². The minimum absolute atomic E-state index is 0.101. The van der Waals surface area contributed by atoms with Gasteiger partial charge in [-0.15, -0.1) is 11.3 Å². The average Bonchev–Trinajstić information content (AvgIpc) is 2.98. The lowest BCUT2D eigenvalue weighted by atomic mass is 10.3. The Morgan fingerprint density at radius 3 is 2.89 bits per heavy atom. The lowest BCUT2D eigenvalue weighted by Crippen LogP contribution is -2.12. The molecule has 0 atom stereocenters. The number of carbonyl (C=O) groups excluding carboxylic acids is 1. The van der Waals surface area contributed by atoms with E-state index in [4.69, 9.17) is 9.52 Å². The highest BCUT2D eigenvalue weighted by molar-refractivity contribution is 7.97. The molecule has 0 aliphatic heterocycles. The number of amides is 1. The second kappa shape index (κ2) is 5.94. The van der Waals surface area contributed by atoms with Gasteiger partial charge >= 0.3 is 5.97 Å². The maximum atomic E-state index is 11.9. The molecular formula is C12H11NO4S2. The monoisotopic (exact) mass is 297 g/mol. The number of anilines is 1. The second-order valence-electron chi connectivity index (χ2n) is 3.62. The minimum Gasteiger partial charge on any atom is -0.477 e. The number of nitrogens with one attached hydrogen (secondary N) is 1. The topological polar surface area (TPSA) is 79.5 Å². The second-order valence-corrected chi connectivity index (χ2v) is 5.40. The van der Waals surface area contributed by atoms with Crippen molar-refractivity contribution in [2.24, 2.45) is 0 Å². The number of thioether (sulfide) groups is 1. The first-order valence-corrected chi connectivity index (χ1v) is 7.59. The molecule has 0 saturated heterocycles. The van der Waals surface area contributed by atoms with E-state index in [1.807, 2.05) is 6.26 Å². The summed E-state index contributed by atoms with van der Waals surface area (Å²) in [5, 5.41) is 13.1. The van der Waals surface area contributed by atoms with Crippen molar-refractivity contribution >= 4 is 40.7 Å². The van der Waals surface area contributed by atoms with E-state index in [2.05, 4.69) is 5.32 Å². The number of furan rings is 1. The highest BCUT2D eigenvalue weighted by Crippen LogP contribution is 2.23. The molecule has 19 heavy (non-hydrogen) atoms. The molecule has 0 fully saturated rings. The van der Waals surface area contributed by atoms with Gasteiger partial charge in [-0.25, -0.2) is 4.79 Å². The Hall–Kier alpha value is -1.73. The summed E-state index contributed by atoms with van der Waals surface area (Å²) in [5.74, 6) is 0.0561. The van der Waals surface area contributed by atoms with Crippen LogP contribution in [0.3, 0.4) is 0 Å². The van der Waals surface area contributed by atoms with Crippen molar-refractivity contribution in [3.05, 3.63) is 40.0 Å². The zero-order valence-corrected chi connectivity index (χ0v) is 11.6. The van der Waals surface area contributed by atoms with E-state index in [1.54, 1.807) is 35.3 Å². The van der Waals surface area contributed by atoms with Gasteiger partial charge in [0.15, 0.2) is 5.76 Å². The third-order valence-corrected chi connectivity index (χ3v) is 3.76. The van der Waals surface area contributed by atoms with E-state index in [-0.39, 0.29) is 16.3 Å². The Bertz CT molecular complexity index is 602. The fourth-order valence-corrected chi connectivity index (χ4v) is 2.60. The third kappa shape index (κ3) is 3.18. The number of aromatic carboxylic acids is 1. The van der Waals surface area contributed by atoms with Gasteiger partial charge in [0.25, 0.3) is 5.91 Å². The maximum Gasteiger partial charge on any atom is 0.348 e. The third-order valence-electron chi connectivity index (χ3n) is 2.28. The van der Waals surface area contributed by atoms with E-state index in [1.165, 1.54) is 0 Å². The molecule has 0 spiro atoms. The quantitative estimate of drug-likeness (QED) is 0.886. The first-order chi connectivity index (χ1) is 9.11. The standard InChI is InChI=1S/C12H11NO4S2/c1-18-6-7-2-3-9(17-7)11(14)13-8-4-5-19-10(8)12(15)16/h2-5H,6H2,1H3,(H,13,14)(H,15,16). The van der Waals surface area contributed by atoms with Crippen LogP contribution in [0.15, 0.2) is 28.0 Å². The number of carbonyl (C=O) groups is 2. The maximum absolute atomic E-state index is 11.9. The summed E-state index contributed by atoms with van der Waals surface area (Å²) < 4.78 is 5.36. The van der Waals surface area contributed by atoms with Crippen molar-refractivity contribution in [3.63, 3.8) is 0 Å². The fourth-order valence-electron chi connectivity index (χ4n) is 1.48. The summed E-state index contributed by atoms with van der Waals surface area (Å²) in [6.45, 7) is 0. The van der Waals surface area contributed by atoms with Crippen molar-refractivity contribution in [1.82, 2.24) is 0 Å². The van der Waals surface area contributed by atoms with Crippen LogP contribution >= 0.6 is 23.1 Å². The summed E-state index contributed by atoms with van der Waals surface area (Å²) in [4.78, 5) is 22.9. The van der Waals surface area contributed by atoms with Crippen LogP contribution in [0.2, 0.25) is 0 Å². The summed E-state index contributed by atoms with van der Waals surface area (Å²) in [6.07, 6.45) is 1.94. The van der Waals surface area contributed by atoms with Gasteiger partial charge in [0.1, 0.15) is 10.6 Å². The zero-order valence-electron chi connectivity index (χ0n) is 10.0. The summed E-state index contributed by atoms with van der Waals surface area (Å²) in [5.41, 5.74) is 0.283. The fraction of sp³-hybridized carbons (Fsp3) is 0.167. The van der Waals surface area contributed by atoms with Crippen LogP contribution in [-0.2, 0) is 5.75 Å². The molecule has 0 radical (unpaired) electrons. The molecule has 0 unspecified atom stereocenters. The normalized spacial score (nSPS) is 10.4. The predicted molar refractivity (Wildman–Crippen MR) is 75.2 cm³/mol.